The first kappa shape index (κ1) is 11.9. The van der Waals surface area contributed by atoms with Gasteiger partial charge in [0, 0.05) is 11.4 Å². The third-order valence-electron chi connectivity index (χ3n) is 3.60. The summed E-state index contributed by atoms with van der Waals surface area (Å²) in [6.45, 7) is 2.19. The average Bonchev–Trinajstić information content (AvgIpc) is 3.09. The molecule has 1 N–H and O–H groups in total. The maximum absolute atomic E-state index is 12.7. The van der Waals surface area contributed by atoms with Crippen molar-refractivity contribution in [1.29, 1.82) is 0 Å². The molecule has 5 nitrogen and oxygen atoms in total. The molecule has 0 spiro atoms. The molecular formula is C14H13N3O2S. The molecule has 3 aromatic heterocycles. The van der Waals surface area contributed by atoms with Crippen molar-refractivity contribution in [3.63, 3.8) is 0 Å². The fourth-order valence-corrected chi connectivity index (χ4v) is 3.78. The number of hydrogen-bond acceptors (Lipinski definition) is 5. The van der Waals surface area contributed by atoms with Crippen LogP contribution in [-0.4, -0.2) is 16.1 Å². The van der Waals surface area contributed by atoms with Crippen molar-refractivity contribution in [3.8, 4) is 0 Å². The number of furan rings is 1. The van der Waals surface area contributed by atoms with Gasteiger partial charge in [0.25, 0.3) is 5.56 Å². The van der Waals surface area contributed by atoms with Gasteiger partial charge >= 0.3 is 0 Å². The van der Waals surface area contributed by atoms with E-state index < -0.39 is 0 Å². The standard InChI is InChI=1S/C14H13N3O2S/c18-14-12-10-3-4-15-6-11(10)20-13(12)16-8-17(14)7-9-2-1-5-19-9/h1-2,5,8,15H,3-4,6-7H2. The number of fused-ring (bicyclic) bond motifs is 3. The maximum atomic E-state index is 12.7. The Hall–Kier alpha value is -1.92. The van der Waals surface area contributed by atoms with Gasteiger partial charge in [-0.2, -0.15) is 0 Å². The molecule has 3 aromatic rings. The molecule has 1 aliphatic heterocycles. The maximum Gasteiger partial charge on any atom is 0.262 e. The lowest BCUT2D eigenvalue weighted by atomic mass is 10.1. The Morgan fingerprint density at radius 1 is 1.50 bits per heavy atom. The number of nitrogens with zero attached hydrogens (tertiary/aromatic N) is 2. The van der Waals surface area contributed by atoms with Crippen LogP contribution in [0.25, 0.3) is 10.2 Å². The Balaban J connectivity index is 1.87. The number of thiophene rings is 1. The fraction of sp³-hybridized carbons (Fsp3) is 0.286. The highest BCUT2D eigenvalue weighted by Gasteiger charge is 2.19. The van der Waals surface area contributed by atoms with E-state index in [0.717, 1.165) is 35.5 Å². The molecule has 0 unspecified atom stereocenters. The van der Waals surface area contributed by atoms with E-state index in [9.17, 15) is 4.79 Å². The predicted octanol–water partition coefficient (Wildman–Crippen LogP) is 1.74. The summed E-state index contributed by atoms with van der Waals surface area (Å²) < 4.78 is 6.92. The van der Waals surface area contributed by atoms with E-state index in [4.69, 9.17) is 4.42 Å². The summed E-state index contributed by atoms with van der Waals surface area (Å²) in [5.74, 6) is 0.763. The molecule has 0 saturated carbocycles. The van der Waals surface area contributed by atoms with E-state index in [1.807, 2.05) is 12.1 Å². The van der Waals surface area contributed by atoms with Gasteiger partial charge in [0.1, 0.15) is 10.6 Å². The van der Waals surface area contributed by atoms with Crippen molar-refractivity contribution in [2.24, 2.45) is 0 Å². The van der Waals surface area contributed by atoms with Crippen molar-refractivity contribution < 1.29 is 4.42 Å². The SMILES string of the molecule is O=c1c2c3c(sc2ncn1Cc1ccco1)CNCC3. The van der Waals surface area contributed by atoms with Crippen LogP contribution in [-0.2, 0) is 19.5 Å². The Morgan fingerprint density at radius 3 is 3.30 bits per heavy atom. The second kappa shape index (κ2) is 4.57. The predicted molar refractivity (Wildman–Crippen MR) is 77.1 cm³/mol. The summed E-state index contributed by atoms with van der Waals surface area (Å²) in [5.41, 5.74) is 1.21. The van der Waals surface area contributed by atoms with Gasteiger partial charge in [-0.05, 0) is 30.7 Å². The first-order valence-electron chi connectivity index (χ1n) is 6.56. The molecular weight excluding hydrogens is 274 g/mol. The van der Waals surface area contributed by atoms with Crippen LogP contribution >= 0.6 is 11.3 Å². The van der Waals surface area contributed by atoms with Gasteiger partial charge in [0.05, 0.1) is 24.5 Å². The quantitative estimate of drug-likeness (QED) is 0.780. The van der Waals surface area contributed by atoms with E-state index >= 15 is 0 Å². The summed E-state index contributed by atoms with van der Waals surface area (Å²) >= 11 is 1.62. The van der Waals surface area contributed by atoms with E-state index in [2.05, 4.69) is 10.3 Å². The van der Waals surface area contributed by atoms with Gasteiger partial charge in [-0.1, -0.05) is 0 Å². The summed E-state index contributed by atoms with van der Waals surface area (Å²) in [7, 11) is 0. The molecule has 20 heavy (non-hydrogen) atoms. The van der Waals surface area contributed by atoms with E-state index in [1.165, 1.54) is 10.4 Å². The largest absolute Gasteiger partial charge is 0.467 e. The highest BCUT2D eigenvalue weighted by molar-refractivity contribution is 7.18. The summed E-state index contributed by atoms with van der Waals surface area (Å²) in [4.78, 5) is 19.2. The highest BCUT2D eigenvalue weighted by atomic mass is 32.1. The van der Waals surface area contributed by atoms with Crippen LogP contribution in [0.3, 0.4) is 0 Å². The minimum Gasteiger partial charge on any atom is -0.467 e. The zero-order chi connectivity index (χ0) is 13.5. The Labute approximate surface area is 118 Å². The molecule has 0 saturated heterocycles. The number of aromatic nitrogens is 2. The Morgan fingerprint density at radius 2 is 2.45 bits per heavy atom. The Bertz CT molecular complexity index is 817. The zero-order valence-electron chi connectivity index (χ0n) is 10.8. The summed E-state index contributed by atoms with van der Waals surface area (Å²) in [5, 5.41) is 4.12. The lowest BCUT2D eigenvalue weighted by molar-refractivity contribution is 0.489. The van der Waals surface area contributed by atoms with Gasteiger partial charge in [-0.3, -0.25) is 9.36 Å². The third kappa shape index (κ3) is 1.80. The normalized spacial score (nSPS) is 14.6. The van der Waals surface area contributed by atoms with Crippen molar-refractivity contribution >= 4 is 21.6 Å². The van der Waals surface area contributed by atoms with Crippen LogP contribution < -0.4 is 10.9 Å². The van der Waals surface area contributed by atoms with E-state index in [0.29, 0.717) is 6.54 Å². The molecule has 0 atom stereocenters. The molecule has 4 rings (SSSR count). The highest BCUT2D eigenvalue weighted by Crippen LogP contribution is 2.29. The van der Waals surface area contributed by atoms with Gasteiger partial charge in [-0.15, -0.1) is 11.3 Å². The molecule has 6 heteroatoms. The minimum atomic E-state index is 0.0331. The van der Waals surface area contributed by atoms with Crippen LogP contribution in [0.1, 0.15) is 16.2 Å². The van der Waals surface area contributed by atoms with Gasteiger partial charge in [-0.25, -0.2) is 4.98 Å². The Kier molecular flexibility index (Phi) is 2.71. The lowest BCUT2D eigenvalue weighted by Gasteiger charge is -2.12. The van der Waals surface area contributed by atoms with Crippen LogP contribution in [0.4, 0.5) is 0 Å². The van der Waals surface area contributed by atoms with Gasteiger partial charge in [0.2, 0.25) is 0 Å². The van der Waals surface area contributed by atoms with Gasteiger partial charge < -0.3 is 9.73 Å². The summed E-state index contributed by atoms with van der Waals surface area (Å²) in [6, 6.07) is 3.69. The topological polar surface area (TPSA) is 60.1 Å². The number of hydrogen-bond donors (Lipinski definition) is 1. The van der Waals surface area contributed by atoms with Crippen LogP contribution in [0, 0.1) is 0 Å². The van der Waals surface area contributed by atoms with Crippen LogP contribution in [0.2, 0.25) is 0 Å². The molecule has 0 bridgehead atoms. The van der Waals surface area contributed by atoms with E-state index in [-0.39, 0.29) is 5.56 Å². The van der Waals surface area contributed by atoms with Crippen molar-refractivity contribution in [3.05, 3.63) is 51.3 Å². The molecule has 0 aromatic carbocycles. The molecule has 4 heterocycles. The number of rotatable bonds is 2. The second-order valence-corrected chi connectivity index (χ2v) is 5.95. The first-order chi connectivity index (χ1) is 9.83. The van der Waals surface area contributed by atoms with Crippen molar-refractivity contribution in [1.82, 2.24) is 14.9 Å². The second-order valence-electron chi connectivity index (χ2n) is 4.87. The smallest absolute Gasteiger partial charge is 0.262 e. The van der Waals surface area contributed by atoms with Crippen molar-refractivity contribution in [2.45, 2.75) is 19.5 Å². The first-order valence-corrected chi connectivity index (χ1v) is 7.37. The van der Waals surface area contributed by atoms with Crippen LogP contribution in [0.15, 0.2) is 33.9 Å². The fourth-order valence-electron chi connectivity index (χ4n) is 2.63. The summed E-state index contributed by atoms with van der Waals surface area (Å²) in [6.07, 6.45) is 4.13. The van der Waals surface area contributed by atoms with Crippen molar-refractivity contribution in [2.75, 3.05) is 6.54 Å². The average molecular weight is 287 g/mol. The molecule has 0 radical (unpaired) electrons. The van der Waals surface area contributed by atoms with Gasteiger partial charge in [0.15, 0.2) is 0 Å². The third-order valence-corrected chi connectivity index (χ3v) is 4.74. The molecule has 0 amide bonds. The van der Waals surface area contributed by atoms with E-state index in [1.54, 1.807) is 28.5 Å². The molecule has 0 fully saturated rings. The monoisotopic (exact) mass is 287 g/mol. The number of nitrogens with one attached hydrogen (secondary N) is 1. The lowest BCUT2D eigenvalue weighted by Crippen LogP contribution is -2.25. The minimum absolute atomic E-state index is 0.0331. The molecule has 0 aliphatic carbocycles. The molecule has 1 aliphatic rings. The molecule has 102 valence electrons. The zero-order valence-corrected chi connectivity index (χ0v) is 11.6. The van der Waals surface area contributed by atoms with Crippen LogP contribution in [0.5, 0.6) is 0 Å².